The number of carbonyl (C=O) groups excluding carboxylic acids is 1. The Morgan fingerprint density at radius 1 is 1.17 bits per heavy atom. The van der Waals surface area contributed by atoms with E-state index in [2.05, 4.69) is 4.98 Å². The molecule has 0 unspecified atom stereocenters. The molecule has 122 valence electrons. The maximum Gasteiger partial charge on any atom is 0.338 e. The van der Waals surface area contributed by atoms with Gasteiger partial charge in [0.2, 0.25) is 5.89 Å². The fourth-order valence-electron chi connectivity index (χ4n) is 2.22. The van der Waals surface area contributed by atoms with E-state index in [1.165, 1.54) is 0 Å². The Morgan fingerprint density at radius 3 is 2.71 bits per heavy atom. The van der Waals surface area contributed by atoms with Crippen LogP contribution in [0.4, 0.5) is 0 Å². The van der Waals surface area contributed by atoms with Crippen LogP contribution in [0.15, 0.2) is 59.2 Å². The van der Waals surface area contributed by atoms with Crippen LogP contribution in [-0.2, 0) is 4.74 Å². The fourth-order valence-corrected chi connectivity index (χ4v) is 2.34. The zero-order chi connectivity index (χ0) is 16.9. The first-order valence-corrected chi connectivity index (χ1v) is 8.04. The molecule has 24 heavy (non-hydrogen) atoms. The van der Waals surface area contributed by atoms with Gasteiger partial charge in [0, 0.05) is 16.1 Å². The van der Waals surface area contributed by atoms with Gasteiger partial charge in [-0.25, -0.2) is 9.78 Å². The Morgan fingerprint density at radius 2 is 1.96 bits per heavy atom. The number of aromatic nitrogens is 1. The third-order valence-corrected chi connectivity index (χ3v) is 3.68. The van der Waals surface area contributed by atoms with Crippen molar-refractivity contribution in [2.45, 2.75) is 13.3 Å². The topological polar surface area (TPSA) is 52.3 Å². The summed E-state index contributed by atoms with van der Waals surface area (Å²) in [6.07, 6.45) is 2.37. The van der Waals surface area contributed by atoms with Crippen LogP contribution in [0.5, 0.6) is 0 Å². The van der Waals surface area contributed by atoms with Crippen LogP contribution in [0, 0.1) is 0 Å². The molecule has 3 aromatic rings. The van der Waals surface area contributed by atoms with Crippen molar-refractivity contribution < 1.29 is 13.9 Å². The van der Waals surface area contributed by atoms with Gasteiger partial charge in [0.25, 0.3) is 0 Å². The third kappa shape index (κ3) is 3.66. The summed E-state index contributed by atoms with van der Waals surface area (Å²) in [6, 6.07) is 14.4. The minimum atomic E-state index is -0.344. The molecule has 0 atom stereocenters. The Hall–Kier alpha value is -2.59. The number of carbonyl (C=O) groups is 1. The van der Waals surface area contributed by atoms with Gasteiger partial charge in [-0.2, -0.15) is 0 Å². The largest absolute Gasteiger partial charge is 0.462 e. The Bertz CT molecular complexity index is 840. The number of oxazole rings is 1. The van der Waals surface area contributed by atoms with Crippen LogP contribution in [0.3, 0.4) is 0 Å². The van der Waals surface area contributed by atoms with Crippen molar-refractivity contribution in [3.63, 3.8) is 0 Å². The summed E-state index contributed by atoms with van der Waals surface area (Å²) in [5, 5.41) is 0.667. The van der Waals surface area contributed by atoms with Crippen molar-refractivity contribution in [1.29, 1.82) is 0 Å². The molecule has 5 heteroatoms. The molecule has 0 aliphatic carbocycles. The molecule has 0 saturated heterocycles. The standard InChI is InChI=1S/C19H16ClNO3/c1-2-10-23-19(22)15-5-3-4-14(11-15)18-21-17(12-24-18)13-6-8-16(20)9-7-13/h3-9,11-12H,2,10H2,1H3. The third-order valence-electron chi connectivity index (χ3n) is 3.43. The van der Waals surface area contributed by atoms with Gasteiger partial charge >= 0.3 is 5.97 Å². The molecular formula is C19H16ClNO3. The Balaban J connectivity index is 1.85. The van der Waals surface area contributed by atoms with Crippen LogP contribution in [0.25, 0.3) is 22.7 Å². The molecule has 0 saturated carbocycles. The minimum absolute atomic E-state index is 0.344. The molecule has 4 nitrogen and oxygen atoms in total. The predicted octanol–water partition coefficient (Wildman–Crippen LogP) is 5.23. The van der Waals surface area contributed by atoms with E-state index in [1.807, 2.05) is 25.1 Å². The highest BCUT2D eigenvalue weighted by Gasteiger charge is 2.12. The zero-order valence-corrected chi connectivity index (χ0v) is 13.9. The maximum absolute atomic E-state index is 12.0. The average molecular weight is 342 g/mol. The van der Waals surface area contributed by atoms with Gasteiger partial charge in [-0.15, -0.1) is 0 Å². The second-order valence-electron chi connectivity index (χ2n) is 5.26. The number of benzene rings is 2. The summed E-state index contributed by atoms with van der Waals surface area (Å²) in [7, 11) is 0. The molecular weight excluding hydrogens is 326 g/mol. The molecule has 0 aliphatic rings. The van der Waals surface area contributed by atoms with Gasteiger partial charge in [0.1, 0.15) is 12.0 Å². The molecule has 0 spiro atoms. The number of halogens is 1. The molecule has 1 aromatic heterocycles. The van der Waals surface area contributed by atoms with Crippen molar-refractivity contribution in [1.82, 2.24) is 4.98 Å². The van der Waals surface area contributed by atoms with Crippen LogP contribution < -0.4 is 0 Å². The lowest BCUT2D eigenvalue weighted by molar-refractivity contribution is 0.0505. The van der Waals surface area contributed by atoms with Gasteiger partial charge in [-0.05, 0) is 36.8 Å². The first-order chi connectivity index (χ1) is 11.7. The van der Waals surface area contributed by atoms with Crippen LogP contribution in [-0.4, -0.2) is 17.6 Å². The lowest BCUT2D eigenvalue weighted by Gasteiger charge is -2.03. The van der Waals surface area contributed by atoms with Crippen molar-refractivity contribution in [2.24, 2.45) is 0 Å². The Kier molecular flexibility index (Phi) is 4.96. The van der Waals surface area contributed by atoms with E-state index in [1.54, 1.807) is 36.6 Å². The molecule has 3 rings (SSSR count). The lowest BCUT2D eigenvalue weighted by Crippen LogP contribution is -2.05. The highest BCUT2D eigenvalue weighted by Crippen LogP contribution is 2.26. The predicted molar refractivity (Wildman–Crippen MR) is 93.0 cm³/mol. The van der Waals surface area contributed by atoms with E-state index in [-0.39, 0.29) is 5.97 Å². The highest BCUT2D eigenvalue weighted by molar-refractivity contribution is 6.30. The quantitative estimate of drug-likeness (QED) is 0.596. The van der Waals surface area contributed by atoms with Gasteiger partial charge in [0.15, 0.2) is 0 Å². The maximum atomic E-state index is 12.0. The van der Waals surface area contributed by atoms with E-state index in [0.717, 1.165) is 17.5 Å². The minimum Gasteiger partial charge on any atom is -0.462 e. The van der Waals surface area contributed by atoms with Crippen molar-refractivity contribution in [2.75, 3.05) is 6.61 Å². The van der Waals surface area contributed by atoms with Gasteiger partial charge in [-0.1, -0.05) is 36.7 Å². The summed E-state index contributed by atoms with van der Waals surface area (Å²) in [4.78, 5) is 16.4. The first kappa shape index (κ1) is 16.3. The number of ether oxygens (including phenoxy) is 1. The molecule has 0 amide bonds. The second kappa shape index (κ2) is 7.32. The molecule has 0 fully saturated rings. The molecule has 0 bridgehead atoms. The van der Waals surface area contributed by atoms with E-state index < -0.39 is 0 Å². The van der Waals surface area contributed by atoms with E-state index in [4.69, 9.17) is 20.8 Å². The van der Waals surface area contributed by atoms with Gasteiger partial charge in [-0.3, -0.25) is 0 Å². The van der Waals surface area contributed by atoms with Crippen molar-refractivity contribution >= 4 is 17.6 Å². The second-order valence-corrected chi connectivity index (χ2v) is 5.70. The highest BCUT2D eigenvalue weighted by atomic mass is 35.5. The fraction of sp³-hybridized carbons (Fsp3) is 0.158. The summed E-state index contributed by atoms with van der Waals surface area (Å²) >= 11 is 5.90. The number of esters is 1. The SMILES string of the molecule is CCCOC(=O)c1cccc(-c2nc(-c3ccc(Cl)cc3)co2)c1. The lowest BCUT2D eigenvalue weighted by atomic mass is 10.1. The molecule has 2 aromatic carbocycles. The summed E-state index contributed by atoms with van der Waals surface area (Å²) < 4.78 is 10.7. The zero-order valence-electron chi connectivity index (χ0n) is 13.2. The summed E-state index contributed by atoms with van der Waals surface area (Å²) in [5.74, 6) is 0.105. The van der Waals surface area contributed by atoms with E-state index in [0.29, 0.717) is 28.8 Å². The monoisotopic (exact) mass is 341 g/mol. The number of hydrogen-bond acceptors (Lipinski definition) is 4. The molecule has 1 heterocycles. The Labute approximate surface area is 145 Å². The van der Waals surface area contributed by atoms with Gasteiger partial charge in [0.05, 0.1) is 12.2 Å². The smallest absolute Gasteiger partial charge is 0.338 e. The van der Waals surface area contributed by atoms with Crippen molar-refractivity contribution in [3.8, 4) is 22.7 Å². The van der Waals surface area contributed by atoms with E-state index >= 15 is 0 Å². The number of hydrogen-bond donors (Lipinski definition) is 0. The van der Waals surface area contributed by atoms with Crippen molar-refractivity contribution in [3.05, 3.63) is 65.4 Å². The molecule has 0 aliphatic heterocycles. The molecule has 0 N–H and O–H groups in total. The van der Waals surface area contributed by atoms with Crippen LogP contribution in [0.2, 0.25) is 5.02 Å². The summed E-state index contributed by atoms with van der Waals surface area (Å²) in [6.45, 7) is 2.36. The first-order valence-electron chi connectivity index (χ1n) is 7.66. The van der Waals surface area contributed by atoms with Gasteiger partial charge < -0.3 is 9.15 Å². The summed E-state index contributed by atoms with van der Waals surface area (Å²) in [5.41, 5.74) is 2.82. The number of nitrogens with zero attached hydrogens (tertiary/aromatic N) is 1. The molecule has 0 radical (unpaired) electrons. The van der Waals surface area contributed by atoms with E-state index in [9.17, 15) is 4.79 Å². The number of rotatable bonds is 5. The average Bonchev–Trinajstić information content (AvgIpc) is 3.10. The van der Waals surface area contributed by atoms with Crippen LogP contribution >= 0.6 is 11.6 Å². The normalized spacial score (nSPS) is 10.6. The van der Waals surface area contributed by atoms with Crippen LogP contribution in [0.1, 0.15) is 23.7 Å².